The molecule has 0 saturated carbocycles. The van der Waals surface area contributed by atoms with Crippen LogP contribution in [-0.2, 0) is 12.3 Å². The Kier molecular flexibility index (Phi) is 4.49. The Labute approximate surface area is 111 Å². The second-order valence-electron chi connectivity index (χ2n) is 3.74. The van der Waals surface area contributed by atoms with E-state index in [-0.39, 0.29) is 0 Å². The lowest BCUT2D eigenvalue weighted by molar-refractivity contribution is 1.07. The highest BCUT2D eigenvalue weighted by Gasteiger charge is 2.02. The predicted octanol–water partition coefficient (Wildman–Crippen LogP) is 4.09. The number of nitrogens with two attached hydrogens (primary N) is 1. The molecule has 0 aromatic heterocycles. The van der Waals surface area contributed by atoms with Crippen molar-refractivity contribution in [3.63, 3.8) is 0 Å². The van der Waals surface area contributed by atoms with E-state index < -0.39 is 0 Å². The van der Waals surface area contributed by atoms with Crippen LogP contribution >= 0.6 is 23.4 Å². The minimum atomic E-state index is 0.531. The molecule has 0 aliphatic carbocycles. The number of halogens is 1. The van der Waals surface area contributed by atoms with E-state index in [1.807, 2.05) is 24.3 Å². The van der Waals surface area contributed by atoms with Crippen molar-refractivity contribution in [2.45, 2.75) is 17.2 Å². The average molecular weight is 264 g/mol. The van der Waals surface area contributed by atoms with Crippen molar-refractivity contribution in [3.05, 3.63) is 64.7 Å². The summed E-state index contributed by atoms with van der Waals surface area (Å²) in [6, 6.07) is 16.4. The van der Waals surface area contributed by atoms with E-state index in [1.165, 1.54) is 5.56 Å². The van der Waals surface area contributed by atoms with Crippen molar-refractivity contribution in [1.82, 2.24) is 0 Å². The van der Waals surface area contributed by atoms with E-state index in [9.17, 15) is 0 Å². The van der Waals surface area contributed by atoms with Gasteiger partial charge < -0.3 is 5.73 Å². The molecule has 1 nitrogen and oxygen atoms in total. The maximum absolute atomic E-state index is 6.20. The van der Waals surface area contributed by atoms with E-state index >= 15 is 0 Å². The molecule has 2 aromatic rings. The van der Waals surface area contributed by atoms with Crippen LogP contribution in [0, 0.1) is 0 Å². The summed E-state index contributed by atoms with van der Waals surface area (Å²) in [5.41, 5.74) is 7.94. The first-order valence-electron chi connectivity index (χ1n) is 5.45. The molecule has 2 rings (SSSR count). The fraction of sp³-hybridized carbons (Fsp3) is 0.143. The largest absolute Gasteiger partial charge is 0.326 e. The second-order valence-corrected chi connectivity index (χ2v) is 5.17. The number of rotatable bonds is 4. The highest BCUT2D eigenvalue weighted by Crippen LogP contribution is 2.30. The Morgan fingerprint density at radius 1 is 1.00 bits per heavy atom. The lowest BCUT2D eigenvalue weighted by Gasteiger charge is -2.06. The standard InChI is InChI=1S/C14H14ClNS/c15-13-8-12(9-16)6-7-14(13)17-10-11-4-2-1-3-5-11/h1-8H,9-10,16H2. The average Bonchev–Trinajstić information content (AvgIpc) is 2.38. The third-order valence-corrected chi connectivity index (χ3v) is 4.04. The van der Waals surface area contributed by atoms with Gasteiger partial charge in [-0.2, -0.15) is 0 Å². The van der Waals surface area contributed by atoms with Gasteiger partial charge in [-0.3, -0.25) is 0 Å². The van der Waals surface area contributed by atoms with Crippen LogP contribution in [0.25, 0.3) is 0 Å². The molecule has 0 aliphatic rings. The number of hydrogen-bond acceptors (Lipinski definition) is 2. The Morgan fingerprint density at radius 2 is 1.76 bits per heavy atom. The first kappa shape index (κ1) is 12.5. The summed E-state index contributed by atoms with van der Waals surface area (Å²) >= 11 is 7.94. The van der Waals surface area contributed by atoms with Crippen LogP contribution in [0.4, 0.5) is 0 Å². The molecule has 0 radical (unpaired) electrons. The molecule has 0 fully saturated rings. The first-order chi connectivity index (χ1) is 8.29. The second kappa shape index (κ2) is 6.10. The molecule has 0 bridgehead atoms. The minimum Gasteiger partial charge on any atom is -0.326 e. The smallest absolute Gasteiger partial charge is 0.0545 e. The third kappa shape index (κ3) is 3.50. The highest BCUT2D eigenvalue weighted by molar-refractivity contribution is 7.98. The van der Waals surface area contributed by atoms with E-state index in [4.69, 9.17) is 17.3 Å². The van der Waals surface area contributed by atoms with Crippen molar-refractivity contribution >= 4 is 23.4 Å². The van der Waals surface area contributed by atoms with Crippen molar-refractivity contribution in [1.29, 1.82) is 0 Å². The van der Waals surface area contributed by atoms with Crippen LogP contribution in [0.15, 0.2) is 53.4 Å². The molecule has 0 aliphatic heterocycles. The van der Waals surface area contributed by atoms with Gasteiger partial charge in [0.05, 0.1) is 5.02 Å². The summed E-state index contributed by atoms with van der Waals surface area (Å²) < 4.78 is 0. The van der Waals surface area contributed by atoms with Gasteiger partial charge in [-0.1, -0.05) is 48.0 Å². The van der Waals surface area contributed by atoms with Crippen LogP contribution in [0.3, 0.4) is 0 Å². The monoisotopic (exact) mass is 263 g/mol. The quantitative estimate of drug-likeness (QED) is 0.841. The zero-order valence-electron chi connectivity index (χ0n) is 9.40. The molecule has 0 amide bonds. The van der Waals surface area contributed by atoms with Gasteiger partial charge in [-0.05, 0) is 23.3 Å². The van der Waals surface area contributed by atoms with Crippen LogP contribution in [0.5, 0.6) is 0 Å². The molecule has 3 heteroatoms. The first-order valence-corrected chi connectivity index (χ1v) is 6.81. The molecule has 0 saturated heterocycles. The summed E-state index contributed by atoms with van der Waals surface area (Å²) in [5.74, 6) is 0.933. The van der Waals surface area contributed by atoms with Gasteiger partial charge in [-0.25, -0.2) is 0 Å². The topological polar surface area (TPSA) is 26.0 Å². The minimum absolute atomic E-state index is 0.531. The molecular weight excluding hydrogens is 250 g/mol. The summed E-state index contributed by atoms with van der Waals surface area (Å²) in [6.07, 6.45) is 0. The Hall–Kier alpha value is -0.960. The molecule has 2 aromatic carbocycles. The lowest BCUT2D eigenvalue weighted by atomic mass is 10.2. The molecule has 2 N–H and O–H groups in total. The van der Waals surface area contributed by atoms with Crippen LogP contribution in [-0.4, -0.2) is 0 Å². The molecule has 0 heterocycles. The van der Waals surface area contributed by atoms with E-state index in [1.54, 1.807) is 11.8 Å². The highest BCUT2D eigenvalue weighted by atomic mass is 35.5. The Balaban J connectivity index is 2.04. The number of hydrogen-bond donors (Lipinski definition) is 1. The van der Waals surface area contributed by atoms with Crippen molar-refractivity contribution < 1.29 is 0 Å². The summed E-state index contributed by atoms with van der Waals surface area (Å²) in [6.45, 7) is 0.531. The van der Waals surface area contributed by atoms with Crippen LogP contribution < -0.4 is 5.73 Å². The van der Waals surface area contributed by atoms with Crippen LogP contribution in [0.1, 0.15) is 11.1 Å². The SMILES string of the molecule is NCc1ccc(SCc2ccccc2)c(Cl)c1. The summed E-state index contributed by atoms with van der Waals surface area (Å²) in [4.78, 5) is 1.10. The lowest BCUT2D eigenvalue weighted by Crippen LogP contribution is -1.95. The summed E-state index contributed by atoms with van der Waals surface area (Å²) in [7, 11) is 0. The third-order valence-electron chi connectivity index (χ3n) is 2.47. The zero-order valence-corrected chi connectivity index (χ0v) is 11.0. The van der Waals surface area contributed by atoms with E-state index in [0.29, 0.717) is 6.54 Å². The van der Waals surface area contributed by atoms with Crippen molar-refractivity contribution in [2.75, 3.05) is 0 Å². The Morgan fingerprint density at radius 3 is 2.41 bits per heavy atom. The predicted molar refractivity (Wildman–Crippen MR) is 75.3 cm³/mol. The van der Waals surface area contributed by atoms with Gasteiger partial charge in [0.1, 0.15) is 0 Å². The molecule has 0 spiro atoms. The van der Waals surface area contributed by atoms with Gasteiger partial charge in [0.25, 0.3) is 0 Å². The van der Waals surface area contributed by atoms with Gasteiger partial charge in [0.2, 0.25) is 0 Å². The maximum Gasteiger partial charge on any atom is 0.0545 e. The van der Waals surface area contributed by atoms with E-state index in [0.717, 1.165) is 21.2 Å². The molecular formula is C14H14ClNS. The Bertz CT molecular complexity index is 485. The van der Waals surface area contributed by atoms with Gasteiger partial charge >= 0.3 is 0 Å². The zero-order chi connectivity index (χ0) is 12.1. The normalized spacial score (nSPS) is 10.5. The molecule has 0 atom stereocenters. The fourth-order valence-electron chi connectivity index (χ4n) is 1.52. The summed E-state index contributed by atoms with van der Waals surface area (Å²) in [5, 5.41) is 0.786. The van der Waals surface area contributed by atoms with Gasteiger partial charge in [0, 0.05) is 17.2 Å². The molecule has 17 heavy (non-hydrogen) atoms. The number of thioether (sulfide) groups is 1. The van der Waals surface area contributed by atoms with E-state index in [2.05, 4.69) is 24.3 Å². The van der Waals surface area contributed by atoms with Crippen LogP contribution in [0.2, 0.25) is 5.02 Å². The number of benzene rings is 2. The van der Waals surface area contributed by atoms with Gasteiger partial charge in [-0.15, -0.1) is 11.8 Å². The van der Waals surface area contributed by atoms with Gasteiger partial charge in [0.15, 0.2) is 0 Å². The fourth-order valence-corrected chi connectivity index (χ4v) is 2.77. The maximum atomic E-state index is 6.20. The molecule has 0 unspecified atom stereocenters. The molecule has 88 valence electrons. The van der Waals surface area contributed by atoms with Crippen molar-refractivity contribution in [2.24, 2.45) is 5.73 Å². The van der Waals surface area contributed by atoms with Crippen molar-refractivity contribution in [3.8, 4) is 0 Å².